The Morgan fingerprint density at radius 1 is 1.08 bits per heavy atom. The second kappa shape index (κ2) is 7.64. The first-order chi connectivity index (χ1) is 5.74. The molecule has 0 aromatic carbocycles. The maximum atomic E-state index is 4.15. The van der Waals surface area contributed by atoms with Gasteiger partial charge in [0.25, 0.3) is 0 Å². The van der Waals surface area contributed by atoms with E-state index in [1.54, 1.807) is 0 Å². The highest BCUT2D eigenvalue weighted by atomic mass is 14.1. The Morgan fingerprint density at radius 2 is 1.75 bits per heavy atom. The first-order valence-electron chi connectivity index (χ1n) is 5.57. The van der Waals surface area contributed by atoms with E-state index in [1.807, 2.05) is 0 Å². The molecule has 0 bridgehead atoms. The smallest absolute Gasteiger partial charge is 0.0414 e. The molecule has 0 rings (SSSR count). The minimum Gasteiger partial charge on any atom is -0.0654 e. The molecule has 0 heterocycles. The second-order valence-corrected chi connectivity index (χ2v) is 3.93. The first kappa shape index (κ1) is 12.0. The molecule has 0 nitrogen and oxygen atoms in total. The van der Waals surface area contributed by atoms with Gasteiger partial charge in [-0.3, -0.25) is 0 Å². The van der Waals surface area contributed by atoms with E-state index < -0.39 is 0 Å². The summed E-state index contributed by atoms with van der Waals surface area (Å²) in [5, 5.41) is 0. The monoisotopic (exact) mass is 169 g/mol. The van der Waals surface area contributed by atoms with Crippen molar-refractivity contribution in [2.75, 3.05) is 0 Å². The summed E-state index contributed by atoms with van der Waals surface area (Å²) in [6.45, 7) is 11.0. The number of hydrogen-bond acceptors (Lipinski definition) is 0. The third-order valence-electron chi connectivity index (χ3n) is 2.79. The fourth-order valence-corrected chi connectivity index (χ4v) is 1.62. The van der Waals surface area contributed by atoms with Crippen LogP contribution in [-0.2, 0) is 0 Å². The fraction of sp³-hybridized carbons (Fsp3) is 0.917. The predicted molar refractivity (Wildman–Crippen MR) is 57.1 cm³/mol. The standard InChI is InChI=1S/C12H25/c1-5-8-9-12(7-3)10-11(4)6-2/h11-12H,4-10H2,1-3H3. The number of hydrogen-bond donors (Lipinski definition) is 0. The van der Waals surface area contributed by atoms with E-state index in [2.05, 4.69) is 27.7 Å². The van der Waals surface area contributed by atoms with Gasteiger partial charge in [-0.25, -0.2) is 0 Å². The molecule has 0 aromatic heterocycles. The van der Waals surface area contributed by atoms with Crippen molar-refractivity contribution in [2.45, 2.75) is 59.3 Å². The summed E-state index contributed by atoms with van der Waals surface area (Å²) in [7, 11) is 0. The van der Waals surface area contributed by atoms with Gasteiger partial charge in [-0.05, 0) is 18.3 Å². The summed E-state index contributed by atoms with van der Waals surface area (Å²) in [6.07, 6.45) is 8.07. The molecule has 0 heteroatoms. The van der Waals surface area contributed by atoms with Gasteiger partial charge in [0.15, 0.2) is 0 Å². The van der Waals surface area contributed by atoms with Gasteiger partial charge >= 0.3 is 0 Å². The molecule has 0 aliphatic heterocycles. The third kappa shape index (κ3) is 5.62. The summed E-state index contributed by atoms with van der Waals surface area (Å²) in [4.78, 5) is 0. The highest BCUT2D eigenvalue weighted by molar-refractivity contribution is 4.66. The van der Waals surface area contributed by atoms with Gasteiger partial charge < -0.3 is 0 Å². The van der Waals surface area contributed by atoms with Crippen LogP contribution in [0.25, 0.3) is 0 Å². The minimum atomic E-state index is 0.687. The van der Waals surface area contributed by atoms with E-state index in [0.29, 0.717) is 5.92 Å². The summed E-state index contributed by atoms with van der Waals surface area (Å²) >= 11 is 0. The van der Waals surface area contributed by atoms with E-state index in [1.165, 1.54) is 38.5 Å². The normalized spacial score (nSPS) is 16.0. The quantitative estimate of drug-likeness (QED) is 0.528. The van der Waals surface area contributed by atoms with Crippen LogP contribution in [0.15, 0.2) is 0 Å². The van der Waals surface area contributed by atoms with Crippen LogP contribution in [0.5, 0.6) is 0 Å². The lowest BCUT2D eigenvalue weighted by molar-refractivity contribution is 0.365. The highest BCUT2D eigenvalue weighted by Gasteiger charge is 2.09. The average molecular weight is 169 g/mol. The topological polar surface area (TPSA) is 0 Å². The molecule has 0 aromatic rings. The second-order valence-electron chi connectivity index (χ2n) is 3.93. The van der Waals surface area contributed by atoms with Crippen LogP contribution < -0.4 is 0 Å². The molecule has 2 atom stereocenters. The molecule has 0 saturated carbocycles. The maximum Gasteiger partial charge on any atom is -0.0414 e. The summed E-state index contributed by atoms with van der Waals surface area (Å²) < 4.78 is 0. The Bertz CT molecular complexity index is 86.0. The van der Waals surface area contributed by atoms with Gasteiger partial charge in [0, 0.05) is 0 Å². The number of unbranched alkanes of at least 4 members (excludes halogenated alkanes) is 1. The minimum absolute atomic E-state index is 0.687. The third-order valence-corrected chi connectivity index (χ3v) is 2.79. The van der Waals surface area contributed by atoms with Crippen LogP contribution in [0.2, 0.25) is 0 Å². The molecule has 1 radical (unpaired) electrons. The van der Waals surface area contributed by atoms with Crippen LogP contribution in [0.4, 0.5) is 0 Å². The first-order valence-corrected chi connectivity index (χ1v) is 5.57. The van der Waals surface area contributed by atoms with Gasteiger partial charge in [0.2, 0.25) is 0 Å². The van der Waals surface area contributed by atoms with Crippen molar-refractivity contribution >= 4 is 0 Å². The highest BCUT2D eigenvalue weighted by Crippen LogP contribution is 2.22. The Balaban J connectivity index is 3.51. The van der Waals surface area contributed by atoms with Crippen molar-refractivity contribution in [3.05, 3.63) is 6.92 Å². The molecule has 0 aliphatic carbocycles. The molecule has 12 heavy (non-hydrogen) atoms. The molecular formula is C12H25. The Kier molecular flexibility index (Phi) is 7.64. The average Bonchev–Trinajstić information content (AvgIpc) is 2.11. The largest absolute Gasteiger partial charge is 0.0654 e. The molecule has 0 fully saturated rings. The van der Waals surface area contributed by atoms with Gasteiger partial charge in [0.1, 0.15) is 0 Å². The molecule has 2 unspecified atom stereocenters. The summed E-state index contributed by atoms with van der Waals surface area (Å²) in [5.74, 6) is 1.62. The van der Waals surface area contributed by atoms with E-state index in [4.69, 9.17) is 0 Å². The van der Waals surface area contributed by atoms with Crippen LogP contribution >= 0.6 is 0 Å². The van der Waals surface area contributed by atoms with Crippen molar-refractivity contribution in [1.29, 1.82) is 0 Å². The van der Waals surface area contributed by atoms with Gasteiger partial charge in [-0.2, -0.15) is 0 Å². The predicted octanol–water partition coefficient (Wildman–Crippen LogP) is 4.45. The Morgan fingerprint density at radius 3 is 2.17 bits per heavy atom. The summed E-state index contributed by atoms with van der Waals surface area (Å²) in [6, 6.07) is 0. The van der Waals surface area contributed by atoms with Crippen LogP contribution in [0.1, 0.15) is 59.3 Å². The van der Waals surface area contributed by atoms with Crippen molar-refractivity contribution in [3.63, 3.8) is 0 Å². The Hall–Kier alpha value is 0. The van der Waals surface area contributed by atoms with E-state index in [0.717, 1.165) is 5.92 Å². The SMILES string of the molecule is [CH2]C(CC)CC(CC)CCCC. The zero-order valence-corrected chi connectivity index (χ0v) is 9.10. The fourth-order valence-electron chi connectivity index (χ4n) is 1.62. The molecule has 73 valence electrons. The van der Waals surface area contributed by atoms with Gasteiger partial charge in [-0.15, -0.1) is 0 Å². The van der Waals surface area contributed by atoms with E-state index >= 15 is 0 Å². The van der Waals surface area contributed by atoms with Crippen molar-refractivity contribution in [3.8, 4) is 0 Å². The zero-order chi connectivity index (χ0) is 9.40. The number of rotatable bonds is 7. The van der Waals surface area contributed by atoms with E-state index in [9.17, 15) is 0 Å². The van der Waals surface area contributed by atoms with Crippen molar-refractivity contribution in [1.82, 2.24) is 0 Å². The lowest BCUT2D eigenvalue weighted by Crippen LogP contribution is -2.05. The maximum absolute atomic E-state index is 4.15. The lowest BCUT2D eigenvalue weighted by Gasteiger charge is -2.17. The molecule has 0 saturated heterocycles. The van der Waals surface area contributed by atoms with E-state index in [-0.39, 0.29) is 0 Å². The van der Waals surface area contributed by atoms with Gasteiger partial charge in [0.05, 0.1) is 0 Å². The summed E-state index contributed by atoms with van der Waals surface area (Å²) in [5.41, 5.74) is 0. The lowest BCUT2D eigenvalue weighted by atomic mass is 9.88. The Labute approximate surface area is 78.8 Å². The molecule has 0 N–H and O–H groups in total. The van der Waals surface area contributed by atoms with Crippen LogP contribution in [0.3, 0.4) is 0 Å². The zero-order valence-electron chi connectivity index (χ0n) is 9.10. The van der Waals surface area contributed by atoms with Crippen LogP contribution in [-0.4, -0.2) is 0 Å². The molecule has 0 spiro atoms. The molecule has 0 aliphatic rings. The molecule has 0 amide bonds. The van der Waals surface area contributed by atoms with Crippen LogP contribution in [0, 0.1) is 18.8 Å². The van der Waals surface area contributed by atoms with Gasteiger partial charge in [-0.1, -0.05) is 59.8 Å². The van der Waals surface area contributed by atoms with Crippen molar-refractivity contribution in [2.24, 2.45) is 11.8 Å². The molecular weight excluding hydrogens is 144 g/mol. The van der Waals surface area contributed by atoms with Crippen molar-refractivity contribution < 1.29 is 0 Å².